The van der Waals surface area contributed by atoms with Gasteiger partial charge in [0.25, 0.3) is 0 Å². The lowest BCUT2D eigenvalue weighted by Crippen LogP contribution is -2.29. The first kappa shape index (κ1) is 13.4. The highest BCUT2D eigenvalue weighted by Crippen LogP contribution is 2.32. The van der Waals surface area contributed by atoms with Gasteiger partial charge in [-0.15, -0.1) is 0 Å². The van der Waals surface area contributed by atoms with E-state index in [4.69, 9.17) is 16.3 Å². The summed E-state index contributed by atoms with van der Waals surface area (Å²) in [5.74, 6) is 0.719. The van der Waals surface area contributed by atoms with Gasteiger partial charge in [-0.3, -0.25) is 0 Å². The highest BCUT2D eigenvalue weighted by molar-refractivity contribution is 7.89. The highest BCUT2D eigenvalue weighted by Gasteiger charge is 2.28. The van der Waals surface area contributed by atoms with Crippen LogP contribution in [0.3, 0.4) is 0 Å². The summed E-state index contributed by atoms with van der Waals surface area (Å²) in [7, 11) is -3.59. The topological polar surface area (TPSA) is 55.4 Å². The van der Waals surface area contributed by atoms with E-state index in [0.717, 1.165) is 11.3 Å². The Hall–Kier alpha value is -1.56. The van der Waals surface area contributed by atoms with Crippen LogP contribution in [0.25, 0.3) is 0 Å². The average Bonchev–Trinajstić information content (AvgIpc) is 2.82. The van der Waals surface area contributed by atoms with Crippen LogP contribution in [0.15, 0.2) is 53.4 Å². The van der Waals surface area contributed by atoms with Crippen molar-refractivity contribution in [3.63, 3.8) is 0 Å². The van der Waals surface area contributed by atoms with Gasteiger partial charge in [0.1, 0.15) is 12.4 Å². The molecule has 0 bridgehead atoms. The first-order valence-electron chi connectivity index (χ1n) is 6.06. The Bertz CT molecular complexity index is 728. The summed E-state index contributed by atoms with van der Waals surface area (Å²) >= 11 is 5.76. The molecule has 0 aliphatic carbocycles. The molecule has 104 valence electrons. The maximum absolute atomic E-state index is 12.3. The van der Waals surface area contributed by atoms with Gasteiger partial charge in [0, 0.05) is 10.6 Å². The normalized spacial score (nSPS) is 17.6. The van der Waals surface area contributed by atoms with Crippen molar-refractivity contribution in [2.24, 2.45) is 0 Å². The Kier molecular flexibility index (Phi) is 3.41. The standard InChI is InChI=1S/C14H12ClNO3S/c15-10-5-7-11(8-6-10)20(17,18)16-13-9-19-14-4-2-1-3-12(13)14/h1-8,13,16H,9H2. The quantitative estimate of drug-likeness (QED) is 0.948. The van der Waals surface area contributed by atoms with E-state index in [1.165, 1.54) is 12.1 Å². The van der Waals surface area contributed by atoms with Crippen molar-refractivity contribution >= 4 is 21.6 Å². The first-order chi connectivity index (χ1) is 9.56. The molecule has 2 aromatic carbocycles. The number of fused-ring (bicyclic) bond motifs is 1. The molecule has 1 heterocycles. The van der Waals surface area contributed by atoms with Gasteiger partial charge in [-0.05, 0) is 30.3 Å². The van der Waals surface area contributed by atoms with E-state index in [0.29, 0.717) is 11.6 Å². The molecule has 1 aliphatic heterocycles. The third-order valence-corrected chi connectivity index (χ3v) is 4.86. The van der Waals surface area contributed by atoms with Crippen LogP contribution in [0.2, 0.25) is 5.02 Å². The molecule has 6 heteroatoms. The molecular formula is C14H12ClNO3S. The molecule has 0 amide bonds. The highest BCUT2D eigenvalue weighted by atomic mass is 35.5. The molecule has 2 aromatic rings. The summed E-state index contributed by atoms with van der Waals surface area (Å²) in [4.78, 5) is 0.186. The minimum atomic E-state index is -3.59. The van der Waals surface area contributed by atoms with Gasteiger partial charge in [0.15, 0.2) is 0 Å². The van der Waals surface area contributed by atoms with Crippen LogP contribution in [0.4, 0.5) is 0 Å². The van der Waals surface area contributed by atoms with Crippen LogP contribution in [0, 0.1) is 0 Å². The van der Waals surface area contributed by atoms with Gasteiger partial charge in [-0.25, -0.2) is 13.1 Å². The monoisotopic (exact) mass is 309 g/mol. The van der Waals surface area contributed by atoms with Crippen molar-refractivity contribution < 1.29 is 13.2 Å². The van der Waals surface area contributed by atoms with E-state index in [2.05, 4.69) is 4.72 Å². The zero-order valence-corrected chi connectivity index (χ0v) is 12.0. The number of nitrogens with one attached hydrogen (secondary N) is 1. The largest absolute Gasteiger partial charge is 0.491 e. The lowest BCUT2D eigenvalue weighted by Gasteiger charge is -2.12. The van der Waals surface area contributed by atoms with Crippen LogP contribution < -0.4 is 9.46 Å². The van der Waals surface area contributed by atoms with Crippen molar-refractivity contribution in [2.75, 3.05) is 6.61 Å². The first-order valence-corrected chi connectivity index (χ1v) is 7.92. The Morgan fingerprint density at radius 2 is 1.80 bits per heavy atom. The van der Waals surface area contributed by atoms with Crippen LogP contribution >= 0.6 is 11.6 Å². The molecular weight excluding hydrogens is 298 g/mol. The number of hydrogen-bond acceptors (Lipinski definition) is 3. The fourth-order valence-electron chi connectivity index (χ4n) is 2.13. The van der Waals surface area contributed by atoms with Crippen molar-refractivity contribution in [2.45, 2.75) is 10.9 Å². The summed E-state index contributed by atoms with van der Waals surface area (Å²) in [6.45, 7) is 0.298. The zero-order chi connectivity index (χ0) is 14.2. The van der Waals surface area contributed by atoms with Crippen LogP contribution in [-0.2, 0) is 10.0 Å². The summed E-state index contributed by atoms with van der Waals surface area (Å²) in [6, 6.07) is 13.1. The molecule has 20 heavy (non-hydrogen) atoms. The second-order valence-electron chi connectivity index (χ2n) is 4.48. The Morgan fingerprint density at radius 3 is 2.55 bits per heavy atom. The predicted octanol–water partition coefficient (Wildman–Crippen LogP) is 2.75. The zero-order valence-electron chi connectivity index (χ0n) is 10.4. The second kappa shape index (κ2) is 5.09. The maximum Gasteiger partial charge on any atom is 0.241 e. The van der Waals surface area contributed by atoms with Gasteiger partial charge >= 0.3 is 0 Å². The third-order valence-electron chi connectivity index (χ3n) is 3.12. The van der Waals surface area contributed by atoms with E-state index in [1.807, 2.05) is 24.3 Å². The SMILES string of the molecule is O=S(=O)(NC1COc2ccccc21)c1ccc(Cl)cc1. The van der Waals surface area contributed by atoms with E-state index < -0.39 is 10.0 Å². The number of sulfonamides is 1. The summed E-state index contributed by atoms with van der Waals surface area (Å²) < 4.78 is 32.7. The molecule has 0 saturated carbocycles. The predicted molar refractivity (Wildman–Crippen MR) is 76.5 cm³/mol. The molecule has 3 rings (SSSR count). The van der Waals surface area contributed by atoms with Crippen molar-refractivity contribution in [3.8, 4) is 5.75 Å². The molecule has 4 nitrogen and oxygen atoms in total. The minimum Gasteiger partial charge on any atom is -0.491 e. The fourth-order valence-corrected chi connectivity index (χ4v) is 3.46. The molecule has 0 saturated heterocycles. The number of halogens is 1. The van der Waals surface area contributed by atoms with Crippen LogP contribution in [-0.4, -0.2) is 15.0 Å². The fraction of sp³-hybridized carbons (Fsp3) is 0.143. The summed E-state index contributed by atoms with van der Waals surface area (Å²) in [6.07, 6.45) is 0. The van der Waals surface area contributed by atoms with Crippen LogP contribution in [0.5, 0.6) is 5.75 Å². The Morgan fingerprint density at radius 1 is 1.10 bits per heavy atom. The van der Waals surface area contributed by atoms with Gasteiger partial charge < -0.3 is 4.74 Å². The number of benzene rings is 2. The van der Waals surface area contributed by atoms with Crippen molar-refractivity contribution in [1.82, 2.24) is 4.72 Å². The molecule has 0 fully saturated rings. The number of rotatable bonds is 3. The molecule has 1 aliphatic rings. The van der Waals surface area contributed by atoms with Gasteiger partial charge in [0.05, 0.1) is 10.9 Å². The van der Waals surface area contributed by atoms with E-state index in [9.17, 15) is 8.42 Å². The number of hydrogen-bond donors (Lipinski definition) is 1. The van der Waals surface area contributed by atoms with E-state index >= 15 is 0 Å². The van der Waals surface area contributed by atoms with Gasteiger partial charge in [0.2, 0.25) is 10.0 Å². The lowest BCUT2D eigenvalue weighted by molar-refractivity contribution is 0.325. The summed E-state index contributed by atoms with van der Waals surface area (Å²) in [5.41, 5.74) is 0.852. The van der Waals surface area contributed by atoms with Gasteiger partial charge in [-0.1, -0.05) is 29.8 Å². The third kappa shape index (κ3) is 2.52. The number of para-hydroxylation sites is 1. The molecule has 0 spiro atoms. The smallest absolute Gasteiger partial charge is 0.241 e. The van der Waals surface area contributed by atoms with Crippen molar-refractivity contribution in [3.05, 3.63) is 59.1 Å². The molecule has 0 radical (unpaired) electrons. The maximum atomic E-state index is 12.3. The minimum absolute atomic E-state index is 0.186. The molecule has 0 aromatic heterocycles. The van der Waals surface area contributed by atoms with E-state index in [-0.39, 0.29) is 10.9 Å². The molecule has 1 atom stereocenters. The van der Waals surface area contributed by atoms with Crippen molar-refractivity contribution in [1.29, 1.82) is 0 Å². The summed E-state index contributed by atoms with van der Waals surface area (Å²) in [5, 5.41) is 0.499. The van der Waals surface area contributed by atoms with Crippen LogP contribution in [0.1, 0.15) is 11.6 Å². The second-order valence-corrected chi connectivity index (χ2v) is 6.63. The Balaban J connectivity index is 1.86. The molecule has 1 unspecified atom stereocenters. The molecule has 1 N–H and O–H groups in total. The van der Waals surface area contributed by atoms with Gasteiger partial charge in [-0.2, -0.15) is 0 Å². The Labute approximate surface area is 122 Å². The number of ether oxygens (including phenoxy) is 1. The lowest BCUT2D eigenvalue weighted by atomic mass is 10.1. The van der Waals surface area contributed by atoms with E-state index in [1.54, 1.807) is 12.1 Å². The average molecular weight is 310 g/mol.